The van der Waals surface area contributed by atoms with Crippen molar-refractivity contribution in [3.8, 4) is 0 Å². The fraction of sp³-hybridized carbons (Fsp3) is 0.226. The van der Waals surface area contributed by atoms with Crippen LogP contribution in [0.15, 0.2) is 121 Å². The van der Waals surface area contributed by atoms with E-state index in [0.29, 0.717) is 0 Å². The van der Waals surface area contributed by atoms with Gasteiger partial charge in [-0.3, -0.25) is 0 Å². The fourth-order valence-electron chi connectivity index (χ4n) is 5.21. The molecule has 2 atom stereocenters. The van der Waals surface area contributed by atoms with Crippen LogP contribution in [0.3, 0.4) is 0 Å². The minimum atomic E-state index is -0.315. The molecule has 0 aromatic heterocycles. The second-order valence-corrected chi connectivity index (χ2v) is 13.5. The summed E-state index contributed by atoms with van der Waals surface area (Å²) in [6.45, 7) is 0. The van der Waals surface area contributed by atoms with Gasteiger partial charge in [0.15, 0.2) is 0 Å². The number of hydrogen-bond acceptors (Lipinski definition) is 0. The highest BCUT2D eigenvalue weighted by Gasteiger charge is 2.32. The predicted octanol–water partition coefficient (Wildman–Crippen LogP) is 6.67. The second-order valence-electron chi connectivity index (χ2n) is 9.01. The Morgan fingerprint density at radius 2 is 0.697 bits per heavy atom. The lowest BCUT2D eigenvalue weighted by molar-refractivity contribution is 0.469. The molecule has 166 valence electrons. The molecule has 4 aromatic rings. The molecule has 0 nitrogen and oxygen atoms in total. The molecule has 0 amide bonds. The van der Waals surface area contributed by atoms with E-state index < -0.39 is 0 Å². The molecule has 0 spiro atoms. The molecule has 0 heterocycles. The summed E-state index contributed by atoms with van der Waals surface area (Å²) >= 11 is 0. The van der Waals surface area contributed by atoms with Crippen LogP contribution in [0.4, 0.5) is 0 Å². The van der Waals surface area contributed by atoms with Gasteiger partial charge in [0.1, 0.15) is 0 Å². The molecule has 1 fully saturated rings. The van der Waals surface area contributed by atoms with Crippen molar-refractivity contribution < 1.29 is 0 Å². The standard InChI is InChI=1S/C31H32P2/c1-5-16-28(17-6-1)32(29-18-7-2-8-19-29)24-26-14-13-15-27(26)25-33(30-20-9-3-10-21-30)31-22-11-4-12-23-31/h1-12,16-23,26-27H,13-15,24-25H2/t26-,27-/m1/s1. The molecule has 5 rings (SSSR count). The average Bonchev–Trinajstić information content (AvgIpc) is 3.34. The summed E-state index contributed by atoms with van der Waals surface area (Å²) in [5.74, 6) is 1.63. The van der Waals surface area contributed by atoms with Crippen LogP contribution in [-0.4, -0.2) is 12.3 Å². The van der Waals surface area contributed by atoms with Crippen molar-refractivity contribution in [2.75, 3.05) is 12.3 Å². The maximum atomic E-state index is 2.35. The zero-order chi connectivity index (χ0) is 22.3. The summed E-state index contributed by atoms with van der Waals surface area (Å²) in [5, 5.41) is 6.10. The maximum absolute atomic E-state index is 2.35. The van der Waals surface area contributed by atoms with Gasteiger partial charge in [-0.1, -0.05) is 128 Å². The Kier molecular flexibility index (Phi) is 7.68. The third kappa shape index (κ3) is 5.63. The number of rotatable bonds is 8. The van der Waals surface area contributed by atoms with Crippen LogP contribution in [0.5, 0.6) is 0 Å². The third-order valence-electron chi connectivity index (χ3n) is 6.92. The van der Waals surface area contributed by atoms with Gasteiger partial charge in [0.05, 0.1) is 0 Å². The summed E-state index contributed by atoms with van der Waals surface area (Å²) in [5.41, 5.74) is 0. The van der Waals surface area contributed by atoms with E-state index in [2.05, 4.69) is 121 Å². The highest BCUT2D eigenvalue weighted by atomic mass is 31.1. The first-order chi connectivity index (χ1) is 16.4. The highest BCUT2D eigenvalue weighted by molar-refractivity contribution is 7.73. The van der Waals surface area contributed by atoms with Crippen LogP contribution in [0.1, 0.15) is 19.3 Å². The van der Waals surface area contributed by atoms with Gasteiger partial charge in [-0.05, 0) is 74.1 Å². The van der Waals surface area contributed by atoms with Gasteiger partial charge >= 0.3 is 0 Å². The minimum Gasteiger partial charge on any atom is -0.0622 e. The van der Waals surface area contributed by atoms with Crippen LogP contribution in [0.2, 0.25) is 0 Å². The highest BCUT2D eigenvalue weighted by Crippen LogP contribution is 2.47. The molecule has 0 radical (unpaired) electrons. The lowest BCUT2D eigenvalue weighted by Gasteiger charge is -2.29. The first-order valence-electron chi connectivity index (χ1n) is 12.1. The van der Waals surface area contributed by atoms with Crippen molar-refractivity contribution in [1.82, 2.24) is 0 Å². The van der Waals surface area contributed by atoms with Crippen molar-refractivity contribution in [3.63, 3.8) is 0 Å². The van der Waals surface area contributed by atoms with Crippen molar-refractivity contribution in [2.24, 2.45) is 11.8 Å². The monoisotopic (exact) mass is 466 g/mol. The molecule has 1 saturated carbocycles. The van der Waals surface area contributed by atoms with E-state index in [-0.39, 0.29) is 15.8 Å². The van der Waals surface area contributed by atoms with E-state index >= 15 is 0 Å². The molecule has 0 unspecified atom stereocenters. The molecular formula is C31H32P2. The molecule has 0 bridgehead atoms. The second kappa shape index (κ2) is 11.2. The summed E-state index contributed by atoms with van der Waals surface area (Å²) in [7, 11) is -0.630. The van der Waals surface area contributed by atoms with Gasteiger partial charge < -0.3 is 0 Å². The van der Waals surface area contributed by atoms with E-state index in [0.717, 1.165) is 11.8 Å². The van der Waals surface area contributed by atoms with E-state index in [1.54, 1.807) is 0 Å². The number of hydrogen-bond donors (Lipinski definition) is 0. The molecule has 2 heteroatoms. The van der Waals surface area contributed by atoms with Gasteiger partial charge in [0, 0.05) is 0 Å². The predicted molar refractivity (Wildman–Crippen MR) is 149 cm³/mol. The Hall–Kier alpha value is -2.26. The topological polar surface area (TPSA) is 0 Å². The molecule has 33 heavy (non-hydrogen) atoms. The van der Waals surface area contributed by atoms with Crippen molar-refractivity contribution in [1.29, 1.82) is 0 Å². The van der Waals surface area contributed by atoms with Crippen molar-refractivity contribution in [3.05, 3.63) is 121 Å². The fourth-order valence-corrected chi connectivity index (χ4v) is 10.7. The molecule has 0 N–H and O–H groups in total. The summed E-state index contributed by atoms with van der Waals surface area (Å²) in [6.07, 6.45) is 6.79. The van der Waals surface area contributed by atoms with E-state index in [4.69, 9.17) is 0 Å². The summed E-state index contributed by atoms with van der Waals surface area (Å²) < 4.78 is 0. The molecular weight excluding hydrogens is 434 g/mol. The summed E-state index contributed by atoms with van der Waals surface area (Å²) in [6, 6.07) is 45.1. The van der Waals surface area contributed by atoms with Crippen LogP contribution in [0.25, 0.3) is 0 Å². The lowest BCUT2D eigenvalue weighted by atomic mass is 10.0. The first-order valence-corrected chi connectivity index (χ1v) is 15.2. The lowest BCUT2D eigenvalue weighted by Crippen LogP contribution is -2.24. The molecule has 4 aromatic carbocycles. The Morgan fingerprint density at radius 1 is 0.424 bits per heavy atom. The normalized spacial score (nSPS) is 18.1. The van der Waals surface area contributed by atoms with Crippen LogP contribution in [0, 0.1) is 11.8 Å². The third-order valence-corrected chi connectivity index (χ3v) is 12.3. The molecule has 0 aliphatic heterocycles. The Bertz CT molecular complexity index is 927. The van der Waals surface area contributed by atoms with E-state index in [9.17, 15) is 0 Å². The Labute approximate surface area is 201 Å². The van der Waals surface area contributed by atoms with Gasteiger partial charge in [0.2, 0.25) is 0 Å². The molecule has 0 saturated heterocycles. The maximum Gasteiger partial charge on any atom is -0.0195 e. The van der Waals surface area contributed by atoms with E-state index in [1.807, 2.05) is 0 Å². The van der Waals surface area contributed by atoms with Gasteiger partial charge in [0.25, 0.3) is 0 Å². The van der Waals surface area contributed by atoms with Crippen LogP contribution in [-0.2, 0) is 0 Å². The Morgan fingerprint density at radius 3 is 0.970 bits per heavy atom. The smallest absolute Gasteiger partial charge is 0.0195 e. The van der Waals surface area contributed by atoms with Crippen LogP contribution < -0.4 is 21.2 Å². The van der Waals surface area contributed by atoms with Gasteiger partial charge in [-0.25, -0.2) is 0 Å². The minimum absolute atomic E-state index is 0.315. The van der Waals surface area contributed by atoms with E-state index in [1.165, 1.54) is 52.8 Å². The quantitative estimate of drug-likeness (QED) is 0.255. The number of benzene rings is 4. The van der Waals surface area contributed by atoms with Gasteiger partial charge in [-0.15, -0.1) is 0 Å². The molecule has 1 aliphatic rings. The SMILES string of the molecule is c1ccc(P(C[C@H]2CCC[C@@H]2CP(c2ccccc2)c2ccccc2)c2ccccc2)cc1. The van der Waals surface area contributed by atoms with Crippen molar-refractivity contribution >= 4 is 37.1 Å². The zero-order valence-electron chi connectivity index (χ0n) is 19.1. The zero-order valence-corrected chi connectivity index (χ0v) is 20.9. The first kappa shape index (κ1) is 22.5. The Balaban J connectivity index is 1.40. The van der Waals surface area contributed by atoms with Gasteiger partial charge in [-0.2, -0.15) is 0 Å². The average molecular weight is 467 g/mol. The van der Waals surface area contributed by atoms with Crippen LogP contribution >= 0.6 is 15.8 Å². The summed E-state index contributed by atoms with van der Waals surface area (Å²) in [4.78, 5) is 0. The van der Waals surface area contributed by atoms with Crippen molar-refractivity contribution in [2.45, 2.75) is 19.3 Å². The molecule has 1 aliphatic carbocycles. The largest absolute Gasteiger partial charge is 0.0622 e.